The molecule has 102 valence electrons. The monoisotopic (exact) mass is 314 g/mol. The smallest absolute Gasteiger partial charge is 0.152 e. The van der Waals surface area contributed by atoms with E-state index in [-0.39, 0.29) is 11.5 Å². The van der Waals surface area contributed by atoms with Crippen LogP contribution >= 0.6 is 15.9 Å². The molecule has 5 heteroatoms. The molecule has 1 aromatic rings. The summed E-state index contributed by atoms with van der Waals surface area (Å²) in [5, 5.41) is 8.20. The molecule has 1 aromatic heterocycles. The van der Waals surface area contributed by atoms with E-state index in [1.165, 1.54) is 12.8 Å². The molecule has 4 nitrogen and oxygen atoms in total. The number of hydrogen-bond acceptors (Lipinski definition) is 3. The van der Waals surface area contributed by atoms with Gasteiger partial charge in [-0.05, 0) is 40.6 Å². The summed E-state index contributed by atoms with van der Waals surface area (Å²) < 4.78 is 2.72. The Bertz CT molecular complexity index is 407. The maximum absolute atomic E-state index is 6.40. The molecule has 2 rings (SSSR count). The van der Waals surface area contributed by atoms with Crippen molar-refractivity contribution in [1.82, 2.24) is 15.0 Å². The molecule has 1 heterocycles. The van der Waals surface area contributed by atoms with Crippen molar-refractivity contribution in [1.29, 1.82) is 0 Å². The van der Waals surface area contributed by atoms with E-state index in [9.17, 15) is 0 Å². The van der Waals surface area contributed by atoms with Crippen molar-refractivity contribution < 1.29 is 0 Å². The summed E-state index contributed by atoms with van der Waals surface area (Å²) in [5.74, 6) is 1.24. The van der Waals surface area contributed by atoms with Crippen LogP contribution in [-0.4, -0.2) is 21.0 Å². The number of hydrogen-bond donors (Lipinski definition) is 1. The van der Waals surface area contributed by atoms with Crippen LogP contribution in [0.3, 0.4) is 0 Å². The first-order chi connectivity index (χ1) is 8.34. The van der Waals surface area contributed by atoms with E-state index in [0.717, 1.165) is 22.6 Å². The zero-order valence-corrected chi connectivity index (χ0v) is 13.2. The van der Waals surface area contributed by atoms with Crippen molar-refractivity contribution in [2.45, 2.75) is 51.5 Å². The highest BCUT2D eigenvalue weighted by molar-refractivity contribution is 9.10. The highest BCUT2D eigenvalue weighted by atomic mass is 79.9. The molecule has 1 saturated carbocycles. The van der Waals surface area contributed by atoms with Gasteiger partial charge in [-0.2, -0.15) is 0 Å². The van der Waals surface area contributed by atoms with Crippen molar-refractivity contribution >= 4 is 15.9 Å². The predicted molar refractivity (Wildman–Crippen MR) is 76.2 cm³/mol. The molecule has 0 bridgehead atoms. The number of halogens is 1. The third-order valence-corrected chi connectivity index (χ3v) is 5.02. The maximum atomic E-state index is 6.40. The number of rotatable bonds is 2. The fourth-order valence-corrected chi connectivity index (χ4v) is 4.35. The minimum absolute atomic E-state index is 0.00333. The molecule has 2 N–H and O–H groups in total. The van der Waals surface area contributed by atoms with Gasteiger partial charge in [0, 0.05) is 18.5 Å². The summed E-state index contributed by atoms with van der Waals surface area (Å²) in [6.07, 6.45) is 3.58. The molecule has 0 saturated heterocycles. The van der Waals surface area contributed by atoms with Crippen LogP contribution in [0.5, 0.6) is 0 Å². The molecule has 1 aliphatic rings. The van der Waals surface area contributed by atoms with Crippen LogP contribution in [-0.2, 0) is 12.5 Å². The van der Waals surface area contributed by atoms with Crippen LogP contribution in [0.2, 0.25) is 0 Å². The van der Waals surface area contributed by atoms with Gasteiger partial charge in [0.15, 0.2) is 4.60 Å². The summed E-state index contributed by atoms with van der Waals surface area (Å²) in [4.78, 5) is 0. The van der Waals surface area contributed by atoms with Gasteiger partial charge in [-0.1, -0.05) is 32.4 Å². The van der Waals surface area contributed by atoms with E-state index in [1.807, 2.05) is 11.7 Å². The van der Waals surface area contributed by atoms with Gasteiger partial charge in [-0.25, -0.2) is 0 Å². The Hall–Kier alpha value is -0.420. The highest BCUT2D eigenvalue weighted by Crippen LogP contribution is 2.43. The van der Waals surface area contributed by atoms with Gasteiger partial charge >= 0.3 is 0 Å². The van der Waals surface area contributed by atoms with E-state index < -0.39 is 0 Å². The minimum Gasteiger partial charge on any atom is -0.327 e. The molecular weight excluding hydrogens is 292 g/mol. The van der Waals surface area contributed by atoms with E-state index in [2.05, 4.69) is 47.0 Å². The van der Waals surface area contributed by atoms with E-state index in [4.69, 9.17) is 5.73 Å². The lowest BCUT2D eigenvalue weighted by molar-refractivity contribution is 0.164. The standard InChI is InChI=1S/C13H23BrN4/c1-8-5-6-9(10(15)7-8)13(2,3)11-12(14)16-17-18(11)4/h8-10H,5-7,15H2,1-4H3. The van der Waals surface area contributed by atoms with E-state index >= 15 is 0 Å². The van der Waals surface area contributed by atoms with Crippen molar-refractivity contribution in [3.63, 3.8) is 0 Å². The Morgan fingerprint density at radius 2 is 2.06 bits per heavy atom. The quantitative estimate of drug-likeness (QED) is 0.913. The molecule has 1 fully saturated rings. The van der Waals surface area contributed by atoms with Crippen molar-refractivity contribution in [2.75, 3.05) is 0 Å². The molecule has 3 unspecified atom stereocenters. The molecule has 0 spiro atoms. The first-order valence-electron chi connectivity index (χ1n) is 6.65. The fourth-order valence-electron chi connectivity index (χ4n) is 3.51. The van der Waals surface area contributed by atoms with Crippen LogP contribution in [0.15, 0.2) is 4.60 Å². The van der Waals surface area contributed by atoms with E-state index in [1.54, 1.807) is 0 Å². The lowest BCUT2D eigenvalue weighted by Crippen LogP contribution is -2.46. The molecule has 0 aromatic carbocycles. The molecule has 18 heavy (non-hydrogen) atoms. The third kappa shape index (κ3) is 2.35. The lowest BCUT2D eigenvalue weighted by Gasteiger charge is -2.42. The number of nitrogens with zero attached hydrogens (tertiary/aromatic N) is 3. The Morgan fingerprint density at radius 1 is 1.39 bits per heavy atom. The first kappa shape index (κ1) is 14.0. The largest absolute Gasteiger partial charge is 0.327 e. The zero-order valence-electron chi connectivity index (χ0n) is 11.7. The van der Waals surface area contributed by atoms with Crippen LogP contribution < -0.4 is 5.73 Å². The van der Waals surface area contributed by atoms with Crippen LogP contribution in [0.4, 0.5) is 0 Å². The molecule has 0 aliphatic heterocycles. The van der Waals surface area contributed by atoms with Crippen molar-refractivity contribution in [3.8, 4) is 0 Å². The van der Waals surface area contributed by atoms with Crippen molar-refractivity contribution in [3.05, 3.63) is 10.3 Å². The Labute approximate surface area is 117 Å². The second-order valence-corrected chi connectivity index (χ2v) is 7.01. The second-order valence-electron chi connectivity index (χ2n) is 6.26. The Balaban J connectivity index is 2.31. The topological polar surface area (TPSA) is 56.7 Å². The highest BCUT2D eigenvalue weighted by Gasteiger charge is 2.41. The van der Waals surface area contributed by atoms with Gasteiger partial charge in [0.05, 0.1) is 5.69 Å². The van der Waals surface area contributed by atoms with Gasteiger partial charge in [0.2, 0.25) is 0 Å². The normalized spacial score (nSPS) is 29.6. The predicted octanol–water partition coefficient (Wildman–Crippen LogP) is 2.62. The van der Waals surface area contributed by atoms with Crippen molar-refractivity contribution in [2.24, 2.45) is 24.6 Å². The Morgan fingerprint density at radius 3 is 2.56 bits per heavy atom. The summed E-state index contributed by atoms with van der Waals surface area (Å²) in [6, 6.07) is 0.269. The first-order valence-corrected chi connectivity index (χ1v) is 7.44. The Kier molecular flexibility index (Phi) is 3.83. The van der Waals surface area contributed by atoms with Gasteiger partial charge in [0.1, 0.15) is 0 Å². The van der Waals surface area contributed by atoms with Gasteiger partial charge < -0.3 is 5.73 Å². The SMILES string of the molecule is CC1CCC(C(C)(C)c2c(Br)nnn2C)C(N)C1. The summed E-state index contributed by atoms with van der Waals surface area (Å²) in [5.41, 5.74) is 7.54. The average molecular weight is 315 g/mol. The zero-order chi connectivity index (χ0) is 13.5. The number of aryl methyl sites for hydroxylation is 1. The third-order valence-electron chi connectivity index (χ3n) is 4.48. The van der Waals surface area contributed by atoms with Crippen LogP contribution in [0.25, 0.3) is 0 Å². The average Bonchev–Trinajstić information content (AvgIpc) is 2.58. The second kappa shape index (κ2) is 4.93. The fraction of sp³-hybridized carbons (Fsp3) is 0.846. The summed E-state index contributed by atoms with van der Waals surface area (Å²) >= 11 is 3.52. The number of aromatic nitrogens is 3. The van der Waals surface area contributed by atoms with Crippen LogP contribution in [0.1, 0.15) is 45.7 Å². The molecule has 1 aliphatic carbocycles. The van der Waals surface area contributed by atoms with Gasteiger partial charge in [-0.3, -0.25) is 4.68 Å². The molecular formula is C13H23BrN4. The van der Waals surface area contributed by atoms with Crippen LogP contribution in [0, 0.1) is 11.8 Å². The number of nitrogens with two attached hydrogens (primary N) is 1. The summed E-state index contributed by atoms with van der Waals surface area (Å²) in [7, 11) is 1.95. The van der Waals surface area contributed by atoms with Gasteiger partial charge in [0.25, 0.3) is 0 Å². The maximum Gasteiger partial charge on any atom is 0.152 e. The minimum atomic E-state index is -0.00333. The lowest BCUT2D eigenvalue weighted by atomic mass is 9.65. The molecule has 0 amide bonds. The molecule has 0 radical (unpaired) electrons. The molecule has 3 atom stereocenters. The van der Waals surface area contributed by atoms with Gasteiger partial charge in [-0.15, -0.1) is 5.10 Å². The summed E-state index contributed by atoms with van der Waals surface area (Å²) in [6.45, 7) is 6.82. The van der Waals surface area contributed by atoms with E-state index in [0.29, 0.717) is 5.92 Å².